The summed E-state index contributed by atoms with van der Waals surface area (Å²) in [6.45, 7) is 2.53. The fourth-order valence-electron chi connectivity index (χ4n) is 4.24. The Morgan fingerprint density at radius 1 is 1.00 bits per heavy atom. The molecule has 2 aromatic heterocycles. The number of hydrogen-bond acceptors (Lipinski definition) is 8. The van der Waals surface area contributed by atoms with Crippen molar-refractivity contribution in [3.63, 3.8) is 0 Å². The third-order valence-corrected chi connectivity index (χ3v) is 6.39. The molecule has 200 valence electrons. The number of non-ortho nitro benzene ring substituents is 1. The van der Waals surface area contributed by atoms with Gasteiger partial charge in [-0.05, 0) is 48.9 Å². The molecule has 0 spiro atoms. The number of benzene rings is 2. The maximum Gasteiger partial charge on any atom is 0.332 e. The SMILES string of the molecule is CCCn1c(=O)c2[nH]c(Cc3ccc(OS(=O)[O-])cc3)nc2n(CCCCc2ccc([N+](=O)[O-])cc2)c1=O. The van der Waals surface area contributed by atoms with Crippen molar-refractivity contribution in [2.75, 3.05) is 0 Å². The predicted molar refractivity (Wildman–Crippen MR) is 140 cm³/mol. The van der Waals surface area contributed by atoms with Crippen molar-refractivity contribution in [1.29, 1.82) is 0 Å². The van der Waals surface area contributed by atoms with Gasteiger partial charge >= 0.3 is 5.69 Å². The largest absolute Gasteiger partial charge is 0.740 e. The van der Waals surface area contributed by atoms with Crippen LogP contribution in [0.4, 0.5) is 5.69 Å². The Labute approximate surface area is 219 Å². The van der Waals surface area contributed by atoms with Gasteiger partial charge in [-0.25, -0.2) is 14.0 Å². The van der Waals surface area contributed by atoms with E-state index in [1.165, 1.54) is 33.4 Å². The maximum absolute atomic E-state index is 13.2. The molecule has 1 atom stereocenters. The van der Waals surface area contributed by atoms with Crippen molar-refractivity contribution in [2.24, 2.45) is 0 Å². The second kappa shape index (κ2) is 12.0. The van der Waals surface area contributed by atoms with Gasteiger partial charge in [0.2, 0.25) is 0 Å². The van der Waals surface area contributed by atoms with Crippen molar-refractivity contribution in [3.8, 4) is 5.75 Å². The molecule has 2 aromatic carbocycles. The fraction of sp³-hybridized carbons (Fsp3) is 0.320. The Bertz CT molecular complexity index is 1570. The average Bonchev–Trinajstić information content (AvgIpc) is 3.31. The molecular formula is C25H26N5O7S-. The zero-order chi connectivity index (χ0) is 27.2. The Morgan fingerprint density at radius 2 is 1.68 bits per heavy atom. The molecule has 0 radical (unpaired) electrons. The van der Waals surface area contributed by atoms with Crippen molar-refractivity contribution in [1.82, 2.24) is 19.1 Å². The number of fused-ring (bicyclic) bond motifs is 1. The number of hydrogen-bond donors (Lipinski definition) is 1. The highest BCUT2D eigenvalue weighted by molar-refractivity contribution is 7.74. The molecule has 0 aliphatic carbocycles. The molecule has 1 unspecified atom stereocenters. The highest BCUT2D eigenvalue weighted by Crippen LogP contribution is 2.17. The number of imidazole rings is 1. The summed E-state index contributed by atoms with van der Waals surface area (Å²) in [5.74, 6) is 0.670. The molecule has 0 aliphatic rings. The summed E-state index contributed by atoms with van der Waals surface area (Å²) >= 11 is -2.66. The maximum atomic E-state index is 13.2. The second-order valence-electron chi connectivity index (χ2n) is 8.76. The Balaban J connectivity index is 1.54. The van der Waals surface area contributed by atoms with Crippen molar-refractivity contribution in [2.45, 2.75) is 52.1 Å². The minimum atomic E-state index is -2.66. The van der Waals surface area contributed by atoms with Gasteiger partial charge in [0.15, 0.2) is 5.65 Å². The van der Waals surface area contributed by atoms with Gasteiger partial charge in [-0.2, -0.15) is 0 Å². The first-order chi connectivity index (χ1) is 18.3. The summed E-state index contributed by atoms with van der Waals surface area (Å²) in [5, 5.41) is 10.8. The number of nitrogens with one attached hydrogen (secondary N) is 1. The number of aromatic amines is 1. The van der Waals surface area contributed by atoms with E-state index in [4.69, 9.17) is 0 Å². The van der Waals surface area contributed by atoms with E-state index in [1.807, 2.05) is 6.92 Å². The topological polar surface area (TPSA) is 165 Å². The van der Waals surface area contributed by atoms with E-state index in [-0.39, 0.29) is 23.5 Å². The number of aromatic nitrogens is 4. The van der Waals surface area contributed by atoms with Gasteiger partial charge in [-0.15, -0.1) is 0 Å². The summed E-state index contributed by atoms with van der Waals surface area (Å²) in [5.41, 5.74) is 1.52. The number of nitro benzene ring substituents is 1. The molecule has 0 fully saturated rings. The summed E-state index contributed by atoms with van der Waals surface area (Å²) in [6, 6.07) is 12.8. The zero-order valence-electron chi connectivity index (χ0n) is 20.6. The van der Waals surface area contributed by atoms with Gasteiger partial charge in [0, 0.05) is 31.6 Å². The van der Waals surface area contributed by atoms with Crippen LogP contribution in [0.3, 0.4) is 0 Å². The van der Waals surface area contributed by atoms with Gasteiger partial charge in [-0.1, -0.05) is 31.2 Å². The van der Waals surface area contributed by atoms with E-state index < -0.39 is 27.5 Å². The molecule has 12 nitrogen and oxygen atoms in total. The smallest absolute Gasteiger partial charge is 0.332 e. The lowest BCUT2D eigenvalue weighted by Crippen LogP contribution is -2.40. The van der Waals surface area contributed by atoms with Gasteiger partial charge in [0.1, 0.15) is 28.5 Å². The van der Waals surface area contributed by atoms with E-state index in [1.54, 1.807) is 24.3 Å². The molecule has 0 saturated heterocycles. The van der Waals surface area contributed by atoms with Crippen LogP contribution in [0.2, 0.25) is 0 Å². The van der Waals surface area contributed by atoms with Gasteiger partial charge in [-0.3, -0.25) is 24.0 Å². The normalized spacial score (nSPS) is 12.1. The van der Waals surface area contributed by atoms with E-state index in [0.29, 0.717) is 43.7 Å². The summed E-state index contributed by atoms with van der Waals surface area (Å²) < 4.78 is 28.7. The van der Waals surface area contributed by atoms with Crippen LogP contribution in [0.15, 0.2) is 58.1 Å². The lowest BCUT2D eigenvalue weighted by molar-refractivity contribution is -0.384. The molecule has 0 saturated carbocycles. The molecule has 0 bridgehead atoms. The minimum absolute atomic E-state index is 0.0402. The molecule has 4 aromatic rings. The van der Waals surface area contributed by atoms with E-state index in [9.17, 15) is 28.5 Å². The van der Waals surface area contributed by atoms with E-state index in [2.05, 4.69) is 14.2 Å². The van der Waals surface area contributed by atoms with Crippen LogP contribution in [-0.4, -0.2) is 32.8 Å². The molecule has 38 heavy (non-hydrogen) atoms. The van der Waals surface area contributed by atoms with Crippen LogP contribution in [0, 0.1) is 10.1 Å². The molecule has 1 N–H and O–H groups in total. The average molecular weight is 541 g/mol. The van der Waals surface area contributed by atoms with Crippen LogP contribution < -0.4 is 15.4 Å². The van der Waals surface area contributed by atoms with Crippen molar-refractivity contribution < 1.29 is 17.9 Å². The van der Waals surface area contributed by atoms with Crippen LogP contribution >= 0.6 is 0 Å². The number of nitrogens with zero attached hydrogens (tertiary/aromatic N) is 4. The van der Waals surface area contributed by atoms with Crippen molar-refractivity contribution in [3.05, 3.63) is 96.4 Å². The lowest BCUT2D eigenvalue weighted by atomic mass is 10.1. The molecule has 0 amide bonds. The minimum Gasteiger partial charge on any atom is -0.740 e. The molecule has 2 heterocycles. The van der Waals surface area contributed by atoms with Gasteiger partial charge in [0.25, 0.3) is 11.2 Å². The molecule has 13 heteroatoms. The van der Waals surface area contributed by atoms with Crippen LogP contribution in [0.25, 0.3) is 11.2 Å². The number of rotatable bonds is 12. The predicted octanol–water partition coefficient (Wildman–Crippen LogP) is 2.99. The summed E-state index contributed by atoms with van der Waals surface area (Å²) in [7, 11) is 0. The summed E-state index contributed by atoms with van der Waals surface area (Å²) in [6.07, 6.45) is 3.01. The number of aryl methyl sites for hydroxylation is 2. The fourth-order valence-corrected chi connectivity index (χ4v) is 4.51. The van der Waals surface area contributed by atoms with Crippen LogP contribution in [0.5, 0.6) is 5.75 Å². The Kier molecular flexibility index (Phi) is 8.48. The first-order valence-electron chi connectivity index (χ1n) is 12.1. The molecule has 4 rings (SSSR count). The number of nitro groups is 1. The highest BCUT2D eigenvalue weighted by atomic mass is 32.2. The standard InChI is InChI=1S/C25H27N5O7S/c1-2-14-29-24(31)22-23(27-21(26-22)16-18-8-12-20(13-9-18)37-38(35)36)28(25(29)32)15-4-3-5-17-6-10-19(11-7-17)30(33)34/h6-13H,2-5,14-16H2,1H3,(H,26,27)(H,35,36)/p-1. The Morgan fingerprint density at radius 3 is 2.32 bits per heavy atom. The second-order valence-corrected chi connectivity index (χ2v) is 9.34. The third-order valence-electron chi connectivity index (χ3n) is 6.06. The van der Waals surface area contributed by atoms with Gasteiger partial charge < -0.3 is 13.7 Å². The first-order valence-corrected chi connectivity index (χ1v) is 13.1. The number of unbranched alkanes of at least 4 members (excludes halogenated alkanes) is 1. The van der Waals surface area contributed by atoms with E-state index in [0.717, 1.165) is 17.5 Å². The van der Waals surface area contributed by atoms with Crippen molar-refractivity contribution >= 4 is 28.2 Å². The number of H-pyrrole nitrogens is 1. The first kappa shape index (κ1) is 26.9. The molecular weight excluding hydrogens is 514 g/mol. The lowest BCUT2D eigenvalue weighted by Gasteiger charge is -2.10. The zero-order valence-corrected chi connectivity index (χ0v) is 21.4. The Hall–Kier alpha value is -4.10. The van der Waals surface area contributed by atoms with Crippen LogP contribution in [0.1, 0.15) is 43.1 Å². The quantitative estimate of drug-likeness (QED) is 0.124. The monoisotopic (exact) mass is 540 g/mol. The van der Waals surface area contributed by atoms with E-state index >= 15 is 0 Å². The third kappa shape index (κ3) is 6.23. The molecule has 0 aliphatic heterocycles. The van der Waals surface area contributed by atoms with Gasteiger partial charge in [0.05, 0.1) is 4.92 Å². The highest BCUT2D eigenvalue weighted by Gasteiger charge is 2.17. The summed E-state index contributed by atoms with van der Waals surface area (Å²) in [4.78, 5) is 44.3. The van der Waals surface area contributed by atoms with Crippen LogP contribution in [-0.2, 0) is 37.3 Å².